The zero-order valence-corrected chi connectivity index (χ0v) is 23.3. The molecule has 1 aromatic rings. The molecule has 0 bridgehead atoms. The summed E-state index contributed by atoms with van der Waals surface area (Å²) >= 11 is 0. The predicted molar refractivity (Wildman–Crippen MR) is 146 cm³/mol. The number of carbonyl (C=O) groups is 4. The standard InChI is InChI=1S/C27H35N5O8/c1-30(2)10-16(33)29-14-9-15(31(3)4)12-7-11-8-13-20(32(5)6)23(36)19(26(28)39)25(38)27(13,40)24(37)17(11)22(35)18(12)21(14)34/h9,11,13,20,34-35,38,40H,7-8,10H2,1-6H3,(H2,28,39)(H,29,33)/t11?,13?,20-,27-/m0/s1. The van der Waals surface area contributed by atoms with Gasteiger partial charge in [-0.15, -0.1) is 0 Å². The van der Waals surface area contributed by atoms with Gasteiger partial charge in [0.25, 0.3) is 5.91 Å². The van der Waals surface area contributed by atoms with Crippen molar-refractivity contribution in [3.05, 3.63) is 34.1 Å². The number of fused-ring (bicyclic) bond motifs is 3. The molecule has 0 saturated heterocycles. The summed E-state index contributed by atoms with van der Waals surface area (Å²) in [6.45, 7) is 0.0233. The lowest BCUT2D eigenvalue weighted by molar-refractivity contribution is -0.153. The van der Waals surface area contributed by atoms with Gasteiger partial charge in [0.1, 0.15) is 22.8 Å². The molecule has 0 heterocycles. The van der Waals surface area contributed by atoms with E-state index in [1.54, 1.807) is 58.2 Å². The number of carbonyl (C=O) groups excluding carboxylic acids is 4. The van der Waals surface area contributed by atoms with Gasteiger partial charge in [0.15, 0.2) is 11.4 Å². The Hall–Kier alpha value is -3.94. The summed E-state index contributed by atoms with van der Waals surface area (Å²) in [5.41, 5.74) is 2.48. The number of aliphatic hydroxyl groups excluding tert-OH is 2. The van der Waals surface area contributed by atoms with Crippen LogP contribution in [0.15, 0.2) is 23.0 Å². The van der Waals surface area contributed by atoms with Gasteiger partial charge < -0.3 is 41.3 Å². The molecule has 4 rings (SSSR count). The highest BCUT2D eigenvalue weighted by Crippen LogP contribution is 2.54. The Morgan fingerprint density at radius 2 is 1.73 bits per heavy atom. The largest absolute Gasteiger partial charge is 0.508 e. The van der Waals surface area contributed by atoms with Gasteiger partial charge in [0, 0.05) is 31.3 Å². The van der Waals surface area contributed by atoms with Crippen LogP contribution in [0.3, 0.4) is 0 Å². The van der Waals surface area contributed by atoms with Gasteiger partial charge in [-0.25, -0.2) is 0 Å². The Labute approximate surface area is 231 Å². The van der Waals surface area contributed by atoms with Crippen LogP contribution in [0.4, 0.5) is 11.4 Å². The lowest BCUT2D eigenvalue weighted by atomic mass is 9.57. The fourth-order valence-corrected chi connectivity index (χ4v) is 6.26. The van der Waals surface area contributed by atoms with E-state index >= 15 is 0 Å². The number of aromatic hydroxyl groups is 1. The van der Waals surface area contributed by atoms with Crippen molar-refractivity contribution in [3.8, 4) is 5.75 Å². The number of Topliss-reactive ketones (excluding diaryl/α,β-unsaturated/α-hetero) is 2. The number of hydrogen-bond donors (Lipinski definition) is 6. The van der Waals surface area contributed by atoms with E-state index in [2.05, 4.69) is 5.32 Å². The zero-order valence-electron chi connectivity index (χ0n) is 23.3. The van der Waals surface area contributed by atoms with Gasteiger partial charge in [-0.1, -0.05) is 0 Å². The number of primary amides is 1. The van der Waals surface area contributed by atoms with Crippen LogP contribution in [-0.2, 0) is 25.6 Å². The molecule has 0 aromatic heterocycles. The smallest absolute Gasteiger partial charge is 0.255 e. The summed E-state index contributed by atoms with van der Waals surface area (Å²) in [5.74, 6) is -7.73. The number of ketones is 2. The maximum atomic E-state index is 14.0. The van der Waals surface area contributed by atoms with Crippen molar-refractivity contribution in [2.75, 3.05) is 59.0 Å². The Morgan fingerprint density at radius 1 is 1.10 bits per heavy atom. The van der Waals surface area contributed by atoms with E-state index < -0.39 is 69.7 Å². The van der Waals surface area contributed by atoms with Crippen LogP contribution in [0.2, 0.25) is 0 Å². The van der Waals surface area contributed by atoms with Gasteiger partial charge in [-0.05, 0) is 58.6 Å². The van der Waals surface area contributed by atoms with Crippen molar-refractivity contribution in [2.45, 2.75) is 24.5 Å². The van der Waals surface area contributed by atoms with E-state index in [9.17, 15) is 39.6 Å². The molecule has 4 atom stereocenters. The molecule has 2 amide bonds. The van der Waals surface area contributed by atoms with Crippen molar-refractivity contribution in [3.63, 3.8) is 0 Å². The normalized spacial score (nSPS) is 26.1. The maximum Gasteiger partial charge on any atom is 0.255 e. The Balaban J connectivity index is 1.95. The number of phenolic OH excluding ortho intramolecular Hbond substituents is 1. The molecule has 13 nitrogen and oxygen atoms in total. The Kier molecular flexibility index (Phi) is 7.20. The van der Waals surface area contributed by atoms with Crippen LogP contribution in [0.1, 0.15) is 17.5 Å². The number of amides is 2. The molecular formula is C27H35N5O8. The lowest BCUT2D eigenvalue weighted by Crippen LogP contribution is -2.65. The number of phenols is 1. The van der Waals surface area contributed by atoms with Gasteiger partial charge in [0.05, 0.1) is 23.8 Å². The first-order valence-corrected chi connectivity index (χ1v) is 12.7. The summed E-state index contributed by atoms with van der Waals surface area (Å²) < 4.78 is 0. The van der Waals surface area contributed by atoms with Crippen molar-refractivity contribution < 1.29 is 39.6 Å². The third kappa shape index (κ3) is 4.21. The van der Waals surface area contributed by atoms with Gasteiger partial charge in [0.2, 0.25) is 11.7 Å². The minimum absolute atomic E-state index is 0.00874. The highest BCUT2D eigenvalue weighted by molar-refractivity contribution is 6.24. The second-order valence-electron chi connectivity index (χ2n) is 11.3. The van der Waals surface area contributed by atoms with E-state index in [1.165, 1.54) is 4.90 Å². The molecule has 2 unspecified atom stereocenters. The minimum atomic E-state index is -2.72. The average molecular weight is 558 g/mol. The molecule has 3 aliphatic carbocycles. The van der Waals surface area contributed by atoms with E-state index in [4.69, 9.17) is 5.73 Å². The molecule has 1 saturated carbocycles. The molecule has 1 aromatic carbocycles. The first kappa shape index (κ1) is 29.1. The number of rotatable bonds is 6. The van der Waals surface area contributed by atoms with Crippen molar-refractivity contribution >= 4 is 40.5 Å². The number of nitrogens with two attached hydrogens (primary N) is 1. The zero-order chi connectivity index (χ0) is 30.0. The van der Waals surface area contributed by atoms with Crippen molar-refractivity contribution in [1.82, 2.24) is 9.80 Å². The number of anilines is 2. The van der Waals surface area contributed by atoms with E-state index in [0.29, 0.717) is 11.3 Å². The number of hydrogen-bond acceptors (Lipinski definition) is 11. The summed E-state index contributed by atoms with van der Waals surface area (Å²) in [6.07, 6.45) is 0.127. The number of nitrogens with one attached hydrogen (secondary N) is 1. The quantitative estimate of drug-likeness (QED) is 0.195. The van der Waals surface area contributed by atoms with E-state index in [-0.39, 0.29) is 36.2 Å². The maximum absolute atomic E-state index is 14.0. The summed E-state index contributed by atoms with van der Waals surface area (Å²) in [6, 6.07) is 0.412. The van der Waals surface area contributed by atoms with Crippen LogP contribution in [0.25, 0.3) is 5.76 Å². The van der Waals surface area contributed by atoms with Crippen LogP contribution in [0.5, 0.6) is 5.75 Å². The number of aliphatic hydroxyl groups is 3. The highest BCUT2D eigenvalue weighted by Gasteiger charge is 2.64. The highest BCUT2D eigenvalue weighted by atomic mass is 16.3. The number of nitrogens with zero attached hydrogens (tertiary/aromatic N) is 3. The van der Waals surface area contributed by atoms with Crippen molar-refractivity contribution in [2.24, 2.45) is 17.6 Å². The lowest BCUT2D eigenvalue weighted by Gasteiger charge is -2.50. The second-order valence-corrected chi connectivity index (χ2v) is 11.3. The van der Waals surface area contributed by atoms with Crippen LogP contribution >= 0.6 is 0 Å². The van der Waals surface area contributed by atoms with Gasteiger partial charge in [-0.2, -0.15) is 0 Å². The fourth-order valence-electron chi connectivity index (χ4n) is 6.26. The minimum Gasteiger partial charge on any atom is -0.508 e. The molecular weight excluding hydrogens is 522 g/mol. The van der Waals surface area contributed by atoms with Crippen LogP contribution < -0.4 is 16.0 Å². The third-order valence-corrected chi connectivity index (χ3v) is 7.91. The van der Waals surface area contributed by atoms with E-state index in [1.807, 2.05) is 0 Å². The first-order valence-electron chi connectivity index (χ1n) is 12.7. The number of benzene rings is 1. The van der Waals surface area contributed by atoms with Gasteiger partial charge >= 0.3 is 0 Å². The predicted octanol–water partition coefficient (Wildman–Crippen LogP) is -0.470. The molecule has 216 valence electrons. The molecule has 0 aliphatic heterocycles. The molecule has 1 fully saturated rings. The van der Waals surface area contributed by atoms with Crippen LogP contribution in [0, 0.1) is 11.8 Å². The summed E-state index contributed by atoms with van der Waals surface area (Å²) in [4.78, 5) is 56.6. The molecule has 0 spiro atoms. The summed E-state index contributed by atoms with van der Waals surface area (Å²) in [5, 5.41) is 48.0. The van der Waals surface area contributed by atoms with Crippen LogP contribution in [-0.4, -0.2) is 114 Å². The number of likely N-dealkylation sites (N-methyl/N-ethyl adjacent to an activating group) is 2. The summed E-state index contributed by atoms with van der Waals surface area (Å²) in [7, 11) is 9.98. The molecule has 7 N–H and O–H groups in total. The molecule has 13 heteroatoms. The fraction of sp³-hybridized carbons (Fsp3) is 0.481. The molecule has 40 heavy (non-hydrogen) atoms. The van der Waals surface area contributed by atoms with Gasteiger partial charge in [-0.3, -0.25) is 24.1 Å². The Morgan fingerprint density at radius 3 is 2.25 bits per heavy atom. The molecule has 0 radical (unpaired) electrons. The topological polar surface area (TPSA) is 197 Å². The van der Waals surface area contributed by atoms with Crippen molar-refractivity contribution in [1.29, 1.82) is 0 Å². The monoisotopic (exact) mass is 557 g/mol. The first-order chi connectivity index (χ1) is 18.5. The molecule has 3 aliphatic rings. The SMILES string of the molecule is CN(C)CC(=O)Nc1cc(N(C)C)c2c(c1O)C(O)=C1C(=O)[C@]3(O)C(O)=C(C(N)=O)C(=O)[C@@H](N(C)C)C3CC1C2. The third-order valence-electron chi connectivity index (χ3n) is 7.91. The second kappa shape index (κ2) is 9.91. The Bertz CT molecular complexity index is 1400. The van der Waals surface area contributed by atoms with E-state index in [0.717, 1.165) is 0 Å². The average Bonchev–Trinajstić information content (AvgIpc) is 2.81.